The van der Waals surface area contributed by atoms with Gasteiger partial charge in [-0.25, -0.2) is 0 Å². The monoisotopic (exact) mass is 358 g/mol. The van der Waals surface area contributed by atoms with Crippen LogP contribution in [0.1, 0.15) is 69.7 Å². The smallest absolute Gasteiger partial charge is 0.338 e. The van der Waals surface area contributed by atoms with Gasteiger partial charge in [-0.3, -0.25) is 10.1 Å². The normalized spacial score (nSPS) is 12.7. The van der Waals surface area contributed by atoms with E-state index >= 15 is 0 Å². The van der Waals surface area contributed by atoms with E-state index in [2.05, 4.69) is 5.16 Å². The lowest BCUT2D eigenvalue weighted by Crippen LogP contribution is -2.17. The first-order chi connectivity index (χ1) is 11.8. The van der Waals surface area contributed by atoms with Crippen molar-refractivity contribution in [2.24, 2.45) is 0 Å². The summed E-state index contributed by atoms with van der Waals surface area (Å²) in [6, 6.07) is 3.80. The molecule has 0 aliphatic carbocycles. The molecule has 0 radical (unpaired) electrons. The summed E-state index contributed by atoms with van der Waals surface area (Å²) in [5, 5.41) is 25.6. The highest BCUT2D eigenvalue weighted by atomic mass is 16.6. The predicted octanol–water partition coefficient (Wildman–Crippen LogP) is 5.36. The topological polar surface area (TPSA) is 89.4 Å². The number of aromatic hydroxyl groups is 1. The van der Waals surface area contributed by atoms with Crippen molar-refractivity contribution in [1.29, 1.82) is 0 Å². The van der Waals surface area contributed by atoms with Crippen LogP contribution in [0.2, 0.25) is 0 Å². The lowest BCUT2D eigenvalue weighted by Gasteiger charge is -2.27. The van der Waals surface area contributed by atoms with Gasteiger partial charge < -0.3 is 9.63 Å². The fraction of sp³-hybridized carbons (Fsp3) is 0.450. The number of hydrogen-bond acceptors (Lipinski definition) is 5. The highest BCUT2D eigenvalue weighted by Crippen LogP contribution is 2.40. The highest BCUT2D eigenvalue weighted by molar-refractivity contribution is 5.73. The number of benzene rings is 1. The lowest BCUT2D eigenvalue weighted by atomic mass is 9.78. The largest absolute Gasteiger partial charge is 0.507 e. The molecular weight excluding hydrogens is 332 g/mol. The van der Waals surface area contributed by atoms with Crippen LogP contribution in [-0.4, -0.2) is 15.2 Å². The number of aryl methyl sites for hydroxylation is 1. The minimum atomic E-state index is -0.497. The maximum atomic E-state index is 11.2. The molecule has 0 unspecified atom stereocenters. The third-order valence-corrected chi connectivity index (χ3v) is 4.22. The van der Waals surface area contributed by atoms with E-state index in [0.29, 0.717) is 5.75 Å². The van der Waals surface area contributed by atoms with Gasteiger partial charge in [-0.15, -0.1) is 0 Å². The van der Waals surface area contributed by atoms with Gasteiger partial charge in [0, 0.05) is 11.1 Å². The number of phenols is 1. The van der Waals surface area contributed by atoms with Crippen LogP contribution in [0.25, 0.3) is 12.2 Å². The fourth-order valence-electron chi connectivity index (χ4n) is 2.78. The van der Waals surface area contributed by atoms with Gasteiger partial charge in [0.2, 0.25) is 5.76 Å². The highest BCUT2D eigenvalue weighted by Gasteiger charge is 2.26. The zero-order valence-corrected chi connectivity index (χ0v) is 16.4. The molecule has 0 atom stereocenters. The second kappa shape index (κ2) is 6.59. The summed E-state index contributed by atoms with van der Waals surface area (Å²) >= 11 is 0. The van der Waals surface area contributed by atoms with E-state index < -0.39 is 4.92 Å². The summed E-state index contributed by atoms with van der Waals surface area (Å²) in [5.74, 6) is 0.402. The molecule has 0 saturated carbocycles. The standard InChI is InChI=1S/C20H26N2O4/c1-12-17(22(24)25)16(26-21-12)9-8-13-10-14(19(2,3)4)18(23)15(11-13)20(5,6)7/h8-11,23H,1-7H3. The van der Waals surface area contributed by atoms with Crippen LogP contribution in [-0.2, 0) is 10.8 Å². The second-order valence-electron chi connectivity index (χ2n) is 8.54. The molecule has 0 aliphatic heterocycles. The van der Waals surface area contributed by atoms with Crippen molar-refractivity contribution in [2.75, 3.05) is 0 Å². The molecular formula is C20H26N2O4. The maximum Gasteiger partial charge on any atom is 0.338 e. The third-order valence-electron chi connectivity index (χ3n) is 4.22. The van der Waals surface area contributed by atoms with Gasteiger partial charge in [0.1, 0.15) is 5.75 Å². The SMILES string of the molecule is Cc1noc(C=Cc2cc(C(C)(C)C)c(O)c(C(C)(C)C)c2)c1[N+](=O)[O-]. The molecule has 0 spiro atoms. The van der Waals surface area contributed by atoms with Crippen LogP contribution >= 0.6 is 0 Å². The zero-order chi connectivity index (χ0) is 19.9. The Balaban J connectivity index is 2.59. The Morgan fingerprint density at radius 1 is 1.08 bits per heavy atom. The molecule has 140 valence electrons. The van der Waals surface area contributed by atoms with Crippen molar-refractivity contribution in [3.8, 4) is 5.75 Å². The number of aromatic nitrogens is 1. The quantitative estimate of drug-likeness (QED) is 0.589. The molecule has 0 fully saturated rings. The summed E-state index contributed by atoms with van der Waals surface area (Å²) in [6.07, 6.45) is 3.29. The third kappa shape index (κ3) is 3.95. The average Bonchev–Trinajstić information content (AvgIpc) is 2.84. The Morgan fingerprint density at radius 3 is 2.00 bits per heavy atom. The van der Waals surface area contributed by atoms with Crippen LogP contribution in [0.15, 0.2) is 16.7 Å². The zero-order valence-electron chi connectivity index (χ0n) is 16.4. The van der Waals surface area contributed by atoms with Crippen molar-refractivity contribution < 1.29 is 14.6 Å². The summed E-state index contributed by atoms with van der Waals surface area (Å²) in [4.78, 5) is 10.7. The Bertz CT molecular complexity index is 830. The van der Waals surface area contributed by atoms with E-state index in [1.165, 1.54) is 6.92 Å². The average molecular weight is 358 g/mol. The van der Waals surface area contributed by atoms with Gasteiger partial charge in [-0.05, 0) is 41.5 Å². The molecule has 26 heavy (non-hydrogen) atoms. The molecule has 0 aliphatic rings. The number of phenolic OH excluding ortho intramolecular Hbond substituents is 1. The summed E-state index contributed by atoms with van der Waals surface area (Å²) in [7, 11) is 0. The van der Waals surface area contributed by atoms with E-state index in [1.807, 2.05) is 53.7 Å². The van der Waals surface area contributed by atoms with Crippen LogP contribution in [0.5, 0.6) is 5.75 Å². The lowest BCUT2D eigenvalue weighted by molar-refractivity contribution is -0.386. The predicted molar refractivity (Wildman–Crippen MR) is 102 cm³/mol. The van der Waals surface area contributed by atoms with Crippen molar-refractivity contribution >= 4 is 17.8 Å². The summed E-state index contributed by atoms with van der Waals surface area (Å²) in [5.41, 5.74) is 2.10. The van der Waals surface area contributed by atoms with E-state index in [4.69, 9.17) is 4.52 Å². The van der Waals surface area contributed by atoms with Crippen LogP contribution in [0.3, 0.4) is 0 Å². The molecule has 1 aromatic carbocycles. The van der Waals surface area contributed by atoms with Crippen molar-refractivity contribution in [2.45, 2.75) is 59.3 Å². The minimum absolute atomic E-state index is 0.107. The van der Waals surface area contributed by atoms with Crippen LogP contribution < -0.4 is 0 Å². The number of hydrogen-bond donors (Lipinski definition) is 1. The number of nitrogens with zero attached hydrogens (tertiary/aromatic N) is 2. The number of rotatable bonds is 3. The molecule has 0 bridgehead atoms. The molecule has 1 aromatic heterocycles. The van der Waals surface area contributed by atoms with E-state index in [1.54, 1.807) is 12.2 Å². The van der Waals surface area contributed by atoms with Gasteiger partial charge in [0.15, 0.2) is 5.69 Å². The van der Waals surface area contributed by atoms with Gasteiger partial charge in [0.05, 0.1) is 4.92 Å². The van der Waals surface area contributed by atoms with E-state index in [-0.39, 0.29) is 28.0 Å². The van der Waals surface area contributed by atoms with Crippen molar-refractivity contribution in [1.82, 2.24) is 5.16 Å². The first-order valence-corrected chi connectivity index (χ1v) is 8.49. The fourth-order valence-corrected chi connectivity index (χ4v) is 2.78. The second-order valence-corrected chi connectivity index (χ2v) is 8.54. The maximum absolute atomic E-state index is 11.2. The van der Waals surface area contributed by atoms with E-state index in [0.717, 1.165) is 16.7 Å². The molecule has 6 nitrogen and oxygen atoms in total. The van der Waals surface area contributed by atoms with Crippen LogP contribution in [0.4, 0.5) is 5.69 Å². The Kier molecular flexibility index (Phi) is 4.99. The molecule has 6 heteroatoms. The van der Waals surface area contributed by atoms with E-state index in [9.17, 15) is 15.2 Å². The summed E-state index contributed by atoms with van der Waals surface area (Å²) < 4.78 is 5.07. The first-order valence-electron chi connectivity index (χ1n) is 8.49. The minimum Gasteiger partial charge on any atom is -0.507 e. The van der Waals surface area contributed by atoms with Gasteiger partial charge in [0.25, 0.3) is 0 Å². The molecule has 2 rings (SSSR count). The molecule has 1 N–H and O–H groups in total. The first kappa shape index (κ1) is 19.7. The Hall–Kier alpha value is -2.63. The Morgan fingerprint density at radius 2 is 1.58 bits per heavy atom. The van der Waals surface area contributed by atoms with Gasteiger partial charge in [-0.2, -0.15) is 0 Å². The molecule has 2 aromatic rings. The van der Waals surface area contributed by atoms with Crippen molar-refractivity contribution in [3.05, 3.63) is 50.4 Å². The summed E-state index contributed by atoms with van der Waals surface area (Å²) in [6.45, 7) is 13.7. The number of nitro groups is 1. The van der Waals surface area contributed by atoms with Gasteiger partial charge >= 0.3 is 5.69 Å². The van der Waals surface area contributed by atoms with Crippen molar-refractivity contribution in [3.63, 3.8) is 0 Å². The molecule has 0 amide bonds. The molecule has 1 heterocycles. The van der Waals surface area contributed by atoms with Crippen LogP contribution in [0, 0.1) is 17.0 Å². The van der Waals surface area contributed by atoms with Gasteiger partial charge in [-0.1, -0.05) is 52.8 Å². The molecule has 0 saturated heterocycles. The Labute approximate surface area is 153 Å².